The number of amides is 2. The predicted molar refractivity (Wildman–Crippen MR) is 105 cm³/mol. The number of aryl methyl sites for hydroxylation is 1. The van der Waals surface area contributed by atoms with Crippen LogP contribution in [0.2, 0.25) is 5.02 Å². The van der Waals surface area contributed by atoms with E-state index in [2.05, 4.69) is 20.7 Å². The fourth-order valence-electron chi connectivity index (χ4n) is 3.48. The number of aromatic nitrogens is 3. The summed E-state index contributed by atoms with van der Waals surface area (Å²) in [6, 6.07) is 7.12. The lowest BCUT2D eigenvalue weighted by molar-refractivity contribution is 0.0931. The van der Waals surface area contributed by atoms with Gasteiger partial charge in [-0.2, -0.15) is 5.10 Å². The van der Waals surface area contributed by atoms with E-state index < -0.39 is 6.10 Å². The number of carbonyl (C=O) groups excluding carboxylic acids is 2. The number of aliphatic hydroxyl groups excluding tert-OH is 1. The summed E-state index contributed by atoms with van der Waals surface area (Å²) in [5.74, 6) is -0.715. The number of benzene rings is 1. The molecule has 0 bridgehead atoms. The number of aromatic amines is 1. The number of nitrogens with zero attached hydrogens (tertiary/aromatic N) is 2. The molecule has 0 unspecified atom stereocenters. The van der Waals surface area contributed by atoms with Crippen LogP contribution < -0.4 is 10.6 Å². The first-order valence-electron chi connectivity index (χ1n) is 9.01. The summed E-state index contributed by atoms with van der Waals surface area (Å²) in [4.78, 5) is 27.8. The lowest BCUT2D eigenvalue weighted by Crippen LogP contribution is -2.30. The lowest BCUT2D eigenvalue weighted by atomic mass is 10.1. The fourth-order valence-corrected chi connectivity index (χ4v) is 3.66. The molecule has 4 rings (SSSR count). The number of hydrogen-bond acceptors (Lipinski definition) is 4. The highest BCUT2D eigenvalue weighted by molar-refractivity contribution is 6.31. The van der Waals surface area contributed by atoms with Gasteiger partial charge in [0.1, 0.15) is 5.69 Å². The Labute approximate surface area is 165 Å². The SMILES string of the molecule is Cc1[nH]c2ccc(Cl)cc2c1CCNC(=O)c1cc2n(n1)C[C@@H](O)CNC2=O. The van der Waals surface area contributed by atoms with Crippen LogP contribution in [0.15, 0.2) is 24.3 Å². The maximum absolute atomic E-state index is 12.5. The average Bonchev–Trinajstić information content (AvgIpc) is 3.17. The van der Waals surface area contributed by atoms with Gasteiger partial charge in [0, 0.05) is 40.8 Å². The van der Waals surface area contributed by atoms with Crippen LogP contribution in [0.4, 0.5) is 0 Å². The standard InChI is InChI=1S/C19H20ClN5O3/c1-10-13(14-6-11(20)2-3-15(14)23-10)4-5-21-18(27)16-7-17-19(28)22-8-12(26)9-25(17)24-16/h2-3,6-7,12,23,26H,4-5,8-9H2,1H3,(H,21,27)(H,22,28)/t12-/m0/s1. The molecule has 146 valence electrons. The molecule has 0 spiro atoms. The second-order valence-corrected chi connectivity index (χ2v) is 7.32. The van der Waals surface area contributed by atoms with Crippen molar-refractivity contribution >= 4 is 34.3 Å². The van der Waals surface area contributed by atoms with Gasteiger partial charge in [-0.25, -0.2) is 0 Å². The van der Waals surface area contributed by atoms with Crippen molar-refractivity contribution in [1.29, 1.82) is 0 Å². The van der Waals surface area contributed by atoms with Crippen molar-refractivity contribution in [3.63, 3.8) is 0 Å². The second kappa shape index (κ2) is 7.29. The van der Waals surface area contributed by atoms with Crippen molar-refractivity contribution in [2.45, 2.75) is 26.0 Å². The van der Waals surface area contributed by atoms with Crippen molar-refractivity contribution in [3.8, 4) is 0 Å². The van der Waals surface area contributed by atoms with Gasteiger partial charge in [-0.05, 0) is 37.1 Å². The predicted octanol–water partition coefficient (Wildman–Crippen LogP) is 1.40. The van der Waals surface area contributed by atoms with Crippen LogP contribution >= 0.6 is 11.6 Å². The third-order valence-electron chi connectivity index (χ3n) is 4.87. The molecule has 0 aliphatic carbocycles. The highest BCUT2D eigenvalue weighted by Gasteiger charge is 2.24. The molecule has 0 saturated carbocycles. The largest absolute Gasteiger partial charge is 0.389 e. The van der Waals surface area contributed by atoms with Crippen LogP contribution in [-0.2, 0) is 13.0 Å². The highest BCUT2D eigenvalue weighted by atomic mass is 35.5. The smallest absolute Gasteiger partial charge is 0.271 e. The minimum absolute atomic E-state index is 0.151. The van der Waals surface area contributed by atoms with Crippen LogP contribution in [0.5, 0.6) is 0 Å². The summed E-state index contributed by atoms with van der Waals surface area (Å²) in [5.41, 5.74) is 3.55. The van der Waals surface area contributed by atoms with Gasteiger partial charge in [-0.3, -0.25) is 14.3 Å². The molecule has 1 aromatic carbocycles. The van der Waals surface area contributed by atoms with Crippen LogP contribution in [0.25, 0.3) is 10.9 Å². The highest BCUT2D eigenvalue weighted by Crippen LogP contribution is 2.25. The van der Waals surface area contributed by atoms with E-state index >= 15 is 0 Å². The Morgan fingerprint density at radius 1 is 1.43 bits per heavy atom. The molecule has 2 aromatic heterocycles. The number of carbonyl (C=O) groups is 2. The summed E-state index contributed by atoms with van der Waals surface area (Å²) < 4.78 is 1.37. The lowest BCUT2D eigenvalue weighted by Gasteiger charge is -2.06. The Bertz CT molecular complexity index is 1070. The van der Waals surface area contributed by atoms with E-state index in [4.69, 9.17) is 11.6 Å². The Hall–Kier alpha value is -2.84. The zero-order valence-corrected chi connectivity index (χ0v) is 16.0. The van der Waals surface area contributed by atoms with E-state index in [-0.39, 0.29) is 36.3 Å². The quantitative estimate of drug-likeness (QED) is 0.529. The van der Waals surface area contributed by atoms with Crippen molar-refractivity contribution in [2.75, 3.05) is 13.1 Å². The molecular weight excluding hydrogens is 382 g/mol. The van der Waals surface area contributed by atoms with Gasteiger partial charge in [-0.1, -0.05) is 11.6 Å². The number of rotatable bonds is 4. The molecule has 8 nitrogen and oxygen atoms in total. The molecule has 0 fully saturated rings. The molecule has 3 heterocycles. The van der Waals surface area contributed by atoms with E-state index in [1.807, 2.05) is 25.1 Å². The third kappa shape index (κ3) is 3.48. The molecule has 1 atom stereocenters. The van der Waals surface area contributed by atoms with Gasteiger partial charge in [-0.15, -0.1) is 0 Å². The second-order valence-electron chi connectivity index (χ2n) is 6.89. The summed E-state index contributed by atoms with van der Waals surface area (Å²) in [6.45, 7) is 2.73. The number of halogens is 1. The first kappa shape index (κ1) is 18.5. The number of hydrogen-bond donors (Lipinski definition) is 4. The summed E-state index contributed by atoms with van der Waals surface area (Å²) in [7, 11) is 0. The van der Waals surface area contributed by atoms with E-state index in [1.54, 1.807) is 0 Å². The van der Waals surface area contributed by atoms with E-state index in [0.717, 1.165) is 22.2 Å². The molecule has 0 radical (unpaired) electrons. The molecule has 0 saturated heterocycles. The molecule has 1 aliphatic heterocycles. The first-order chi connectivity index (χ1) is 13.4. The van der Waals surface area contributed by atoms with Gasteiger partial charge in [0.25, 0.3) is 11.8 Å². The van der Waals surface area contributed by atoms with Gasteiger partial charge in [0.2, 0.25) is 0 Å². The van der Waals surface area contributed by atoms with Crippen molar-refractivity contribution < 1.29 is 14.7 Å². The molecule has 28 heavy (non-hydrogen) atoms. The zero-order valence-electron chi connectivity index (χ0n) is 15.3. The summed E-state index contributed by atoms with van der Waals surface area (Å²) in [6.07, 6.45) is -0.109. The third-order valence-corrected chi connectivity index (χ3v) is 5.10. The van der Waals surface area contributed by atoms with Crippen LogP contribution in [0, 0.1) is 6.92 Å². The number of β-amino-alcohol motifs (C(OH)–C–C–N with tert-alkyl or cyclic N) is 1. The van der Waals surface area contributed by atoms with E-state index in [0.29, 0.717) is 18.0 Å². The fraction of sp³-hybridized carbons (Fsp3) is 0.316. The zero-order chi connectivity index (χ0) is 19.8. The summed E-state index contributed by atoms with van der Waals surface area (Å²) in [5, 5.41) is 21.1. The Morgan fingerprint density at radius 2 is 2.25 bits per heavy atom. The van der Waals surface area contributed by atoms with Gasteiger partial charge in [0.15, 0.2) is 5.69 Å². The van der Waals surface area contributed by atoms with Crippen molar-refractivity contribution in [3.05, 3.63) is 51.9 Å². The molecule has 9 heteroatoms. The molecule has 1 aliphatic rings. The Morgan fingerprint density at radius 3 is 3.07 bits per heavy atom. The number of aliphatic hydroxyl groups is 1. The number of fused-ring (bicyclic) bond motifs is 2. The van der Waals surface area contributed by atoms with Gasteiger partial charge >= 0.3 is 0 Å². The molecule has 4 N–H and O–H groups in total. The topological polar surface area (TPSA) is 112 Å². The van der Waals surface area contributed by atoms with Crippen molar-refractivity contribution in [2.24, 2.45) is 0 Å². The van der Waals surface area contributed by atoms with Crippen molar-refractivity contribution in [1.82, 2.24) is 25.4 Å². The number of H-pyrrole nitrogens is 1. The minimum atomic E-state index is -0.738. The number of nitrogens with one attached hydrogen (secondary N) is 3. The maximum atomic E-state index is 12.5. The monoisotopic (exact) mass is 401 g/mol. The van der Waals surface area contributed by atoms with Gasteiger partial charge < -0.3 is 20.7 Å². The first-order valence-corrected chi connectivity index (χ1v) is 9.39. The summed E-state index contributed by atoms with van der Waals surface area (Å²) >= 11 is 6.10. The molecule has 3 aromatic rings. The van der Waals surface area contributed by atoms with E-state index in [9.17, 15) is 14.7 Å². The average molecular weight is 402 g/mol. The van der Waals surface area contributed by atoms with Gasteiger partial charge in [0.05, 0.1) is 12.6 Å². The van der Waals surface area contributed by atoms with E-state index in [1.165, 1.54) is 10.7 Å². The minimum Gasteiger partial charge on any atom is -0.389 e. The van der Waals surface area contributed by atoms with Crippen LogP contribution in [0.1, 0.15) is 32.2 Å². The van der Waals surface area contributed by atoms with Crippen LogP contribution in [-0.4, -0.2) is 50.9 Å². The maximum Gasteiger partial charge on any atom is 0.271 e. The molecular formula is C19H20ClN5O3. The normalized spacial score (nSPS) is 16.5. The van der Waals surface area contributed by atoms with Crippen LogP contribution in [0.3, 0.4) is 0 Å². The Kier molecular flexibility index (Phi) is 4.82. The Balaban J connectivity index is 1.45. The molecule has 2 amide bonds.